The third kappa shape index (κ3) is 10.5. The summed E-state index contributed by atoms with van der Waals surface area (Å²) in [5.41, 5.74) is 4.62. The van der Waals surface area contributed by atoms with Crippen molar-refractivity contribution in [2.45, 2.75) is 242 Å². The van der Waals surface area contributed by atoms with E-state index in [0.717, 1.165) is 110 Å². The predicted octanol–water partition coefficient (Wildman–Crippen LogP) is 16.1. The number of allylic oxidation sites excluding steroid dienone is 2. The first-order valence-corrected chi connectivity index (χ1v) is 28.7. The van der Waals surface area contributed by atoms with E-state index in [9.17, 15) is 9.59 Å². The Balaban J connectivity index is 0.742. The number of rotatable bonds is 14. The van der Waals surface area contributed by atoms with Crippen molar-refractivity contribution in [3.8, 4) is 23.7 Å². The SMILES string of the molecule is CC(C)CCCC(C)C1CCC2C3CC=C4CC(OC(=O)CC#CCC#CCC(=O)OC5CCC6(C)C(=CCC7C6CCC6(C)C(C(C)CCCC(C)C)CCC76)C5)CCC4(C)C3CCC12C. The summed E-state index contributed by atoms with van der Waals surface area (Å²) in [6.07, 6.45) is 33.5. The summed E-state index contributed by atoms with van der Waals surface area (Å²) in [7, 11) is 0. The molecule has 0 bridgehead atoms. The molecule has 4 heteroatoms. The molecule has 0 radical (unpaired) electrons. The van der Waals surface area contributed by atoms with Crippen LogP contribution in [0.1, 0.15) is 230 Å². The van der Waals surface area contributed by atoms with Crippen molar-refractivity contribution >= 4 is 11.9 Å². The molecule has 0 amide bonds. The lowest BCUT2D eigenvalue weighted by Gasteiger charge is -2.58. The van der Waals surface area contributed by atoms with Gasteiger partial charge in [0, 0.05) is 12.8 Å². The fourth-order valence-electron chi connectivity index (χ4n) is 18.4. The summed E-state index contributed by atoms with van der Waals surface area (Å²) < 4.78 is 12.1. The first kappa shape index (κ1) is 50.9. The van der Waals surface area contributed by atoms with E-state index in [0.29, 0.717) is 17.3 Å². The summed E-state index contributed by atoms with van der Waals surface area (Å²) in [4.78, 5) is 25.9. The molecule has 8 aliphatic rings. The van der Waals surface area contributed by atoms with Crippen LogP contribution in [0.2, 0.25) is 0 Å². The molecule has 8 aliphatic carbocycles. The van der Waals surface area contributed by atoms with Crippen LogP contribution < -0.4 is 0 Å². The van der Waals surface area contributed by atoms with Gasteiger partial charge in [0.2, 0.25) is 0 Å². The third-order valence-corrected chi connectivity index (χ3v) is 22.0. The molecule has 0 aliphatic heterocycles. The van der Waals surface area contributed by atoms with Gasteiger partial charge in [0.15, 0.2) is 0 Å². The van der Waals surface area contributed by atoms with Crippen molar-refractivity contribution < 1.29 is 19.1 Å². The third-order valence-electron chi connectivity index (χ3n) is 22.0. The van der Waals surface area contributed by atoms with E-state index in [-0.39, 0.29) is 47.8 Å². The minimum absolute atomic E-state index is 0.0433. The van der Waals surface area contributed by atoms with E-state index in [1.54, 1.807) is 11.1 Å². The molecule has 6 fully saturated rings. The van der Waals surface area contributed by atoms with Gasteiger partial charge < -0.3 is 9.47 Å². The Morgan fingerprint density at radius 3 is 1.36 bits per heavy atom. The molecule has 6 saturated carbocycles. The lowest BCUT2D eigenvalue weighted by atomic mass is 9.47. The Bertz CT molecular complexity index is 1810. The lowest BCUT2D eigenvalue weighted by molar-refractivity contribution is -0.151. The van der Waals surface area contributed by atoms with E-state index < -0.39 is 0 Å². The molecule has 0 N–H and O–H groups in total. The van der Waals surface area contributed by atoms with Crippen LogP contribution >= 0.6 is 0 Å². The topological polar surface area (TPSA) is 52.6 Å². The Labute approximate surface area is 410 Å². The standard InChI is InChI=1S/C63H96O4/c1-42(2)18-16-20-44(5)52-28-30-54-50-26-24-46-40-48(32-36-60(46,7)56(50)34-38-62(52,54)9)66-58(64)22-14-12-11-13-15-23-59(65)67-49-33-37-61(8)47(41-49)25-27-51-55-31-29-53(45(6)21-17-19-43(3)4)63(55,10)39-35-57(51)61/h24-25,42-45,48-57H,11,16-23,26-41H2,1-10H3. The fraction of sp³-hybridized carbons (Fsp3) is 0.841. The van der Waals surface area contributed by atoms with Crippen molar-refractivity contribution in [2.75, 3.05) is 0 Å². The molecular weight excluding hydrogens is 821 g/mol. The van der Waals surface area contributed by atoms with Crippen LogP contribution in [-0.4, -0.2) is 24.1 Å². The summed E-state index contributed by atoms with van der Waals surface area (Å²) >= 11 is 0. The van der Waals surface area contributed by atoms with Gasteiger partial charge in [0.05, 0.1) is 6.42 Å². The molecule has 0 aromatic carbocycles. The highest BCUT2D eigenvalue weighted by molar-refractivity contribution is 5.73. The first-order chi connectivity index (χ1) is 32.0. The summed E-state index contributed by atoms with van der Waals surface area (Å²) in [6, 6.07) is 0. The quantitative estimate of drug-likeness (QED) is 0.0990. The molecule has 0 heterocycles. The minimum Gasteiger partial charge on any atom is -0.461 e. The number of hydrogen-bond acceptors (Lipinski definition) is 4. The van der Waals surface area contributed by atoms with E-state index in [2.05, 4.69) is 105 Å². The Morgan fingerprint density at radius 2 is 0.955 bits per heavy atom. The van der Waals surface area contributed by atoms with Gasteiger partial charge in [-0.1, -0.05) is 155 Å². The van der Waals surface area contributed by atoms with Gasteiger partial charge in [0.25, 0.3) is 0 Å². The average Bonchev–Trinajstić information content (AvgIpc) is 3.83. The van der Waals surface area contributed by atoms with E-state index in [4.69, 9.17) is 9.47 Å². The molecule has 8 rings (SSSR count). The molecule has 16 unspecified atom stereocenters. The maximum absolute atomic E-state index is 13.0. The smallest absolute Gasteiger partial charge is 0.318 e. The van der Waals surface area contributed by atoms with Crippen molar-refractivity contribution in [2.24, 2.45) is 92.7 Å². The fourth-order valence-corrected chi connectivity index (χ4v) is 18.4. The average molecular weight is 917 g/mol. The number of ether oxygens (including phenoxy) is 2. The number of carbonyl (C=O) groups is 2. The molecule has 0 spiro atoms. The van der Waals surface area contributed by atoms with Crippen molar-refractivity contribution in [3.63, 3.8) is 0 Å². The predicted molar refractivity (Wildman–Crippen MR) is 275 cm³/mol. The highest BCUT2D eigenvalue weighted by Crippen LogP contribution is 2.69. The Hall–Kier alpha value is -2.46. The van der Waals surface area contributed by atoms with Gasteiger partial charge in [0.1, 0.15) is 25.0 Å². The molecule has 0 aromatic rings. The van der Waals surface area contributed by atoms with Gasteiger partial charge in [-0.15, -0.1) is 0 Å². The van der Waals surface area contributed by atoms with Crippen LogP contribution in [0.4, 0.5) is 0 Å². The zero-order valence-corrected chi connectivity index (χ0v) is 44.5. The largest absolute Gasteiger partial charge is 0.461 e. The molecule has 16 atom stereocenters. The van der Waals surface area contributed by atoms with Gasteiger partial charge in [-0.05, 0) is 183 Å². The Morgan fingerprint density at radius 1 is 0.537 bits per heavy atom. The van der Waals surface area contributed by atoms with Gasteiger partial charge in [-0.25, -0.2) is 0 Å². The molecule has 0 aromatic heterocycles. The van der Waals surface area contributed by atoms with E-state index in [1.165, 1.54) is 103 Å². The zero-order valence-electron chi connectivity index (χ0n) is 44.5. The molecule has 0 saturated heterocycles. The summed E-state index contributed by atoms with van der Waals surface area (Å²) in [5.74, 6) is 21.6. The first-order valence-electron chi connectivity index (χ1n) is 28.7. The van der Waals surface area contributed by atoms with Crippen LogP contribution in [0.5, 0.6) is 0 Å². The highest BCUT2D eigenvalue weighted by atomic mass is 16.5. The van der Waals surface area contributed by atoms with Gasteiger partial charge in [-0.3, -0.25) is 9.59 Å². The molecule has 4 nitrogen and oxygen atoms in total. The zero-order chi connectivity index (χ0) is 47.7. The number of hydrogen-bond donors (Lipinski definition) is 0. The van der Waals surface area contributed by atoms with Crippen LogP contribution in [-0.2, 0) is 19.1 Å². The van der Waals surface area contributed by atoms with E-state index >= 15 is 0 Å². The number of carbonyl (C=O) groups excluding carboxylic acids is 2. The minimum atomic E-state index is -0.223. The van der Waals surface area contributed by atoms with Crippen molar-refractivity contribution in [1.82, 2.24) is 0 Å². The Kier molecular flexibility index (Phi) is 16.0. The van der Waals surface area contributed by atoms with E-state index in [1.807, 2.05) is 0 Å². The van der Waals surface area contributed by atoms with Crippen molar-refractivity contribution in [3.05, 3.63) is 23.3 Å². The second-order valence-corrected chi connectivity index (χ2v) is 26.5. The molecule has 67 heavy (non-hydrogen) atoms. The summed E-state index contributed by atoms with van der Waals surface area (Å²) in [5, 5.41) is 0. The number of esters is 2. The molecular formula is C63H96O4. The monoisotopic (exact) mass is 917 g/mol. The molecule has 372 valence electrons. The highest BCUT2D eigenvalue weighted by Gasteiger charge is 2.61. The van der Waals surface area contributed by atoms with Crippen LogP contribution in [0.25, 0.3) is 0 Å². The maximum Gasteiger partial charge on any atom is 0.318 e. The lowest BCUT2D eigenvalue weighted by Crippen LogP contribution is -2.51. The van der Waals surface area contributed by atoms with Crippen LogP contribution in [0.3, 0.4) is 0 Å². The second-order valence-electron chi connectivity index (χ2n) is 26.5. The van der Waals surface area contributed by atoms with Crippen LogP contribution in [0, 0.1) is 116 Å². The van der Waals surface area contributed by atoms with Gasteiger partial charge >= 0.3 is 11.9 Å². The maximum atomic E-state index is 13.0. The van der Waals surface area contributed by atoms with Gasteiger partial charge in [-0.2, -0.15) is 0 Å². The van der Waals surface area contributed by atoms with Crippen molar-refractivity contribution in [1.29, 1.82) is 0 Å². The summed E-state index contributed by atoms with van der Waals surface area (Å²) in [6.45, 7) is 25.1. The normalized spacial score (nSPS) is 40.4. The second kappa shape index (κ2) is 21.1. The van der Waals surface area contributed by atoms with Crippen LogP contribution in [0.15, 0.2) is 23.3 Å². The number of fused-ring (bicyclic) bond motifs is 10.